The standard InChI is InChI=1S/C13H23N3O3S/c1-11(13-4-3-12(2)19-13)5-6-15-7-9-16(10-8-15)20(14,17)18/h3-4,11H,5-10H2,1-2H3,(H2,14,17,18). The van der Waals surface area contributed by atoms with Crippen LogP contribution < -0.4 is 5.14 Å². The third kappa shape index (κ3) is 4.05. The molecule has 1 saturated heterocycles. The van der Waals surface area contributed by atoms with Crippen LogP contribution in [0.15, 0.2) is 16.5 Å². The van der Waals surface area contributed by atoms with E-state index in [9.17, 15) is 8.42 Å². The molecule has 1 unspecified atom stereocenters. The van der Waals surface area contributed by atoms with E-state index >= 15 is 0 Å². The summed E-state index contributed by atoms with van der Waals surface area (Å²) in [5, 5.41) is 5.12. The molecule has 114 valence electrons. The zero-order valence-corrected chi connectivity index (χ0v) is 12.9. The molecule has 0 amide bonds. The molecule has 6 nitrogen and oxygen atoms in total. The van der Waals surface area contributed by atoms with Crippen LogP contribution in [0.5, 0.6) is 0 Å². The van der Waals surface area contributed by atoms with Crippen molar-refractivity contribution in [3.8, 4) is 0 Å². The summed E-state index contributed by atoms with van der Waals surface area (Å²) in [5.41, 5.74) is 0. The first-order valence-electron chi connectivity index (χ1n) is 6.93. The summed E-state index contributed by atoms with van der Waals surface area (Å²) in [5.74, 6) is 2.33. The van der Waals surface area contributed by atoms with Crippen molar-refractivity contribution in [1.29, 1.82) is 0 Å². The van der Waals surface area contributed by atoms with Crippen LogP contribution in [0.2, 0.25) is 0 Å². The molecule has 2 rings (SSSR count). The van der Waals surface area contributed by atoms with E-state index in [4.69, 9.17) is 9.56 Å². The lowest BCUT2D eigenvalue weighted by Crippen LogP contribution is -2.50. The summed E-state index contributed by atoms with van der Waals surface area (Å²) < 4.78 is 29.4. The number of hydrogen-bond acceptors (Lipinski definition) is 4. The second-order valence-electron chi connectivity index (χ2n) is 5.42. The van der Waals surface area contributed by atoms with Gasteiger partial charge in [-0.25, -0.2) is 5.14 Å². The molecule has 0 aromatic carbocycles. The quantitative estimate of drug-likeness (QED) is 0.876. The summed E-state index contributed by atoms with van der Waals surface area (Å²) >= 11 is 0. The van der Waals surface area contributed by atoms with Gasteiger partial charge in [-0.05, 0) is 32.0 Å². The first-order valence-corrected chi connectivity index (χ1v) is 8.43. The predicted octanol–water partition coefficient (Wildman–Crippen LogP) is 0.903. The number of nitrogens with two attached hydrogens (primary N) is 1. The number of nitrogens with zero attached hydrogens (tertiary/aromatic N) is 2. The van der Waals surface area contributed by atoms with E-state index in [1.165, 1.54) is 4.31 Å². The molecular formula is C13H23N3O3S. The average Bonchev–Trinajstić information content (AvgIpc) is 2.82. The molecule has 2 N–H and O–H groups in total. The number of aryl methyl sites for hydroxylation is 1. The summed E-state index contributed by atoms with van der Waals surface area (Å²) in [6.45, 7) is 7.47. The first kappa shape index (κ1) is 15.5. The van der Waals surface area contributed by atoms with E-state index in [1.54, 1.807) is 0 Å². The Kier molecular flexibility index (Phi) is 4.85. The minimum atomic E-state index is -3.53. The molecular weight excluding hydrogens is 278 g/mol. The zero-order valence-electron chi connectivity index (χ0n) is 12.1. The third-order valence-electron chi connectivity index (χ3n) is 3.82. The Morgan fingerprint density at radius 3 is 2.45 bits per heavy atom. The molecule has 0 spiro atoms. The monoisotopic (exact) mass is 301 g/mol. The van der Waals surface area contributed by atoms with Crippen molar-refractivity contribution in [2.24, 2.45) is 5.14 Å². The van der Waals surface area contributed by atoms with Gasteiger partial charge in [0.1, 0.15) is 11.5 Å². The molecule has 1 aliphatic rings. The van der Waals surface area contributed by atoms with E-state index in [0.717, 1.165) is 37.6 Å². The van der Waals surface area contributed by atoms with E-state index in [-0.39, 0.29) is 0 Å². The van der Waals surface area contributed by atoms with E-state index in [1.807, 2.05) is 19.1 Å². The van der Waals surface area contributed by atoms with Gasteiger partial charge in [-0.1, -0.05) is 6.92 Å². The van der Waals surface area contributed by atoms with Gasteiger partial charge in [-0.15, -0.1) is 0 Å². The largest absolute Gasteiger partial charge is 0.466 e. The lowest BCUT2D eigenvalue weighted by molar-refractivity contribution is 0.182. The molecule has 0 radical (unpaired) electrons. The molecule has 1 fully saturated rings. The highest BCUT2D eigenvalue weighted by Gasteiger charge is 2.24. The van der Waals surface area contributed by atoms with Crippen molar-refractivity contribution < 1.29 is 12.8 Å². The Morgan fingerprint density at radius 2 is 1.95 bits per heavy atom. The van der Waals surface area contributed by atoms with Gasteiger partial charge in [-0.2, -0.15) is 12.7 Å². The van der Waals surface area contributed by atoms with Gasteiger partial charge in [0, 0.05) is 32.1 Å². The van der Waals surface area contributed by atoms with Crippen LogP contribution in [0.4, 0.5) is 0 Å². The highest BCUT2D eigenvalue weighted by atomic mass is 32.2. The lowest BCUT2D eigenvalue weighted by Gasteiger charge is -2.33. The Balaban J connectivity index is 1.76. The average molecular weight is 301 g/mol. The van der Waals surface area contributed by atoms with Gasteiger partial charge in [0.05, 0.1) is 0 Å². The normalized spacial score (nSPS) is 20.1. The van der Waals surface area contributed by atoms with Crippen molar-refractivity contribution in [3.05, 3.63) is 23.7 Å². The maximum absolute atomic E-state index is 11.2. The van der Waals surface area contributed by atoms with Crippen molar-refractivity contribution in [3.63, 3.8) is 0 Å². The maximum atomic E-state index is 11.2. The smallest absolute Gasteiger partial charge is 0.276 e. The van der Waals surface area contributed by atoms with Crippen LogP contribution in [0.1, 0.15) is 30.8 Å². The Labute approximate surface area is 120 Å². The highest BCUT2D eigenvalue weighted by molar-refractivity contribution is 7.86. The van der Waals surface area contributed by atoms with Crippen LogP contribution in [0.3, 0.4) is 0 Å². The number of piperazine rings is 1. The van der Waals surface area contributed by atoms with Crippen LogP contribution in [-0.2, 0) is 10.2 Å². The molecule has 1 aromatic rings. The zero-order chi connectivity index (χ0) is 14.8. The van der Waals surface area contributed by atoms with E-state index in [2.05, 4.69) is 11.8 Å². The highest BCUT2D eigenvalue weighted by Crippen LogP contribution is 2.21. The van der Waals surface area contributed by atoms with Crippen LogP contribution in [0.25, 0.3) is 0 Å². The van der Waals surface area contributed by atoms with Gasteiger partial charge in [0.25, 0.3) is 10.2 Å². The number of furan rings is 1. The van der Waals surface area contributed by atoms with Crippen molar-refractivity contribution in [2.75, 3.05) is 32.7 Å². The van der Waals surface area contributed by atoms with Gasteiger partial charge >= 0.3 is 0 Å². The molecule has 2 heterocycles. The lowest BCUT2D eigenvalue weighted by atomic mass is 10.0. The third-order valence-corrected chi connectivity index (χ3v) is 4.90. The summed E-state index contributed by atoms with van der Waals surface area (Å²) in [4.78, 5) is 2.27. The fraction of sp³-hybridized carbons (Fsp3) is 0.692. The van der Waals surface area contributed by atoms with Gasteiger partial charge in [0.15, 0.2) is 0 Å². The van der Waals surface area contributed by atoms with Crippen molar-refractivity contribution in [1.82, 2.24) is 9.21 Å². The minimum absolute atomic E-state index is 0.375. The number of hydrogen-bond donors (Lipinski definition) is 1. The van der Waals surface area contributed by atoms with Crippen molar-refractivity contribution >= 4 is 10.2 Å². The molecule has 0 aliphatic carbocycles. The molecule has 0 saturated carbocycles. The van der Waals surface area contributed by atoms with Crippen molar-refractivity contribution in [2.45, 2.75) is 26.2 Å². The molecule has 7 heteroatoms. The molecule has 20 heavy (non-hydrogen) atoms. The number of rotatable bonds is 5. The molecule has 1 aromatic heterocycles. The summed E-state index contributed by atoms with van der Waals surface area (Å²) in [6.07, 6.45) is 1.00. The maximum Gasteiger partial charge on any atom is 0.276 e. The fourth-order valence-corrected chi connectivity index (χ4v) is 3.12. The summed E-state index contributed by atoms with van der Waals surface area (Å²) in [6, 6.07) is 4.01. The SMILES string of the molecule is Cc1ccc(C(C)CCN2CCN(S(N)(=O)=O)CC2)o1. The minimum Gasteiger partial charge on any atom is -0.466 e. The van der Waals surface area contributed by atoms with Gasteiger partial charge in [0.2, 0.25) is 0 Å². The van der Waals surface area contributed by atoms with E-state index < -0.39 is 10.2 Å². The topological polar surface area (TPSA) is 79.8 Å². The second kappa shape index (κ2) is 6.26. The Hall–Kier alpha value is -0.890. The van der Waals surface area contributed by atoms with Gasteiger partial charge < -0.3 is 9.32 Å². The predicted molar refractivity (Wildman–Crippen MR) is 77.6 cm³/mol. The fourth-order valence-electron chi connectivity index (χ4n) is 2.44. The second-order valence-corrected chi connectivity index (χ2v) is 6.97. The van der Waals surface area contributed by atoms with Crippen LogP contribution >= 0.6 is 0 Å². The van der Waals surface area contributed by atoms with Crippen LogP contribution in [-0.4, -0.2) is 50.3 Å². The molecule has 0 bridgehead atoms. The first-order chi connectivity index (χ1) is 9.36. The van der Waals surface area contributed by atoms with E-state index in [0.29, 0.717) is 19.0 Å². The molecule has 1 atom stereocenters. The summed E-state index contributed by atoms with van der Waals surface area (Å²) in [7, 11) is -3.53. The van der Waals surface area contributed by atoms with Gasteiger partial charge in [-0.3, -0.25) is 0 Å². The molecule has 1 aliphatic heterocycles. The Bertz CT molecular complexity index is 533. The Morgan fingerprint density at radius 1 is 1.30 bits per heavy atom. The van der Waals surface area contributed by atoms with Crippen LogP contribution in [0, 0.1) is 6.92 Å².